The Kier molecular flexibility index (Phi) is 8.07. The number of nitrogens with zero attached hydrogens (tertiary/aromatic N) is 3. The maximum Gasteiger partial charge on any atom is 0.295 e. The molecule has 0 radical (unpaired) electrons. The Morgan fingerprint density at radius 3 is 2.49 bits per heavy atom. The molecule has 0 aliphatic carbocycles. The van der Waals surface area contributed by atoms with E-state index in [9.17, 15) is 14.7 Å². The number of carbonyl (C=O) groups is 2. The van der Waals surface area contributed by atoms with Gasteiger partial charge in [0.15, 0.2) is 17.3 Å². The quantitative estimate of drug-likeness (QED) is 0.127. The SMILES string of the molecule is COCCCN1C(=O)C(=O)C(=C(O)c2nc3c(C)cccn3c2C)C1c1ccc(OCc2ccccc2)c(OC)c1. The average molecular weight is 556 g/mol. The highest BCUT2D eigenvalue weighted by Gasteiger charge is 2.46. The maximum atomic E-state index is 13.5. The van der Waals surface area contributed by atoms with Crippen molar-refractivity contribution in [2.75, 3.05) is 27.4 Å². The van der Waals surface area contributed by atoms with Crippen molar-refractivity contribution in [2.24, 2.45) is 0 Å². The molecule has 1 aliphatic rings. The summed E-state index contributed by atoms with van der Waals surface area (Å²) in [6.07, 6.45) is 2.36. The molecule has 1 N–H and O–H groups in total. The van der Waals surface area contributed by atoms with Crippen molar-refractivity contribution in [1.82, 2.24) is 14.3 Å². The van der Waals surface area contributed by atoms with Crippen molar-refractivity contribution >= 4 is 23.1 Å². The fourth-order valence-corrected chi connectivity index (χ4v) is 5.22. The largest absolute Gasteiger partial charge is 0.505 e. The summed E-state index contributed by atoms with van der Waals surface area (Å²) in [7, 11) is 3.12. The minimum atomic E-state index is -0.853. The summed E-state index contributed by atoms with van der Waals surface area (Å²) in [4.78, 5) is 32.9. The molecular weight excluding hydrogens is 522 g/mol. The molecule has 1 atom stereocenters. The molecule has 212 valence electrons. The standard InChI is InChI=1S/C32H33N3O6/c1-20-10-8-15-34-21(2)27(33-31(20)34)29(36)26-28(35(16-9-17-39-3)32(38)30(26)37)23-13-14-24(25(18-23)40-4)41-19-22-11-6-5-7-12-22/h5-8,10-15,18,28,36H,9,16-17,19H2,1-4H3. The lowest BCUT2D eigenvalue weighted by Gasteiger charge is -2.26. The van der Waals surface area contributed by atoms with Crippen molar-refractivity contribution in [1.29, 1.82) is 0 Å². The van der Waals surface area contributed by atoms with Gasteiger partial charge in [-0.25, -0.2) is 4.98 Å². The number of ketones is 1. The second-order valence-electron chi connectivity index (χ2n) is 9.95. The van der Waals surface area contributed by atoms with Gasteiger partial charge >= 0.3 is 0 Å². The van der Waals surface area contributed by atoms with Crippen LogP contribution in [0.5, 0.6) is 11.5 Å². The van der Waals surface area contributed by atoms with Crippen LogP contribution in [0, 0.1) is 13.8 Å². The number of aliphatic hydroxyl groups excluding tert-OH is 1. The van der Waals surface area contributed by atoms with Crippen LogP contribution in [0.1, 0.15) is 40.5 Å². The zero-order valence-corrected chi connectivity index (χ0v) is 23.6. The summed E-state index contributed by atoms with van der Waals surface area (Å²) in [6, 6.07) is 18.0. The summed E-state index contributed by atoms with van der Waals surface area (Å²) in [6.45, 7) is 4.76. The van der Waals surface area contributed by atoms with Crippen LogP contribution in [0.4, 0.5) is 0 Å². The normalized spacial score (nSPS) is 16.5. The van der Waals surface area contributed by atoms with Crippen LogP contribution in [0.2, 0.25) is 0 Å². The highest BCUT2D eigenvalue weighted by molar-refractivity contribution is 6.46. The van der Waals surface area contributed by atoms with Crippen molar-refractivity contribution in [2.45, 2.75) is 32.9 Å². The molecule has 5 rings (SSSR count). The summed E-state index contributed by atoms with van der Waals surface area (Å²) in [5, 5.41) is 11.6. The number of methoxy groups -OCH3 is 2. The Bertz CT molecular complexity index is 1630. The summed E-state index contributed by atoms with van der Waals surface area (Å²) in [5.41, 5.74) is 4.09. The number of Topliss-reactive ketones (excluding diaryl/α,β-unsaturated/α-hetero) is 1. The molecule has 1 unspecified atom stereocenters. The molecule has 1 amide bonds. The highest BCUT2D eigenvalue weighted by Crippen LogP contribution is 2.42. The summed E-state index contributed by atoms with van der Waals surface area (Å²) >= 11 is 0. The van der Waals surface area contributed by atoms with E-state index in [0.29, 0.717) is 48.0 Å². The third-order valence-corrected chi connectivity index (χ3v) is 7.34. The van der Waals surface area contributed by atoms with Crippen LogP contribution in [0.3, 0.4) is 0 Å². The Morgan fingerprint density at radius 2 is 1.78 bits per heavy atom. The van der Waals surface area contributed by atoms with Gasteiger partial charge in [-0.3, -0.25) is 9.59 Å². The second-order valence-corrected chi connectivity index (χ2v) is 9.95. The zero-order chi connectivity index (χ0) is 29.1. The van der Waals surface area contributed by atoms with E-state index < -0.39 is 17.7 Å². The van der Waals surface area contributed by atoms with Crippen molar-refractivity contribution < 1.29 is 28.9 Å². The maximum absolute atomic E-state index is 13.5. The van der Waals surface area contributed by atoms with Crippen molar-refractivity contribution in [3.05, 3.63) is 101 Å². The first-order valence-electron chi connectivity index (χ1n) is 13.4. The minimum absolute atomic E-state index is 0.0171. The lowest BCUT2D eigenvalue weighted by atomic mass is 9.96. The van der Waals surface area contributed by atoms with Crippen molar-refractivity contribution in [3.63, 3.8) is 0 Å². The van der Waals surface area contributed by atoms with E-state index in [1.54, 1.807) is 25.3 Å². The third kappa shape index (κ3) is 5.28. The highest BCUT2D eigenvalue weighted by atomic mass is 16.5. The lowest BCUT2D eigenvalue weighted by Crippen LogP contribution is -2.31. The van der Waals surface area contributed by atoms with Gasteiger partial charge in [0, 0.05) is 26.5 Å². The Labute approximate surface area is 238 Å². The van der Waals surface area contributed by atoms with Crippen LogP contribution in [-0.2, 0) is 20.9 Å². The van der Waals surface area contributed by atoms with Gasteiger partial charge in [-0.05, 0) is 55.2 Å². The van der Waals surface area contributed by atoms with Gasteiger partial charge in [0.05, 0.1) is 24.4 Å². The van der Waals surface area contributed by atoms with Gasteiger partial charge in [-0.1, -0.05) is 42.5 Å². The summed E-state index contributed by atoms with van der Waals surface area (Å²) < 4.78 is 18.7. The number of carbonyl (C=O) groups excluding carboxylic acids is 2. The number of hydrogen-bond donors (Lipinski definition) is 1. The third-order valence-electron chi connectivity index (χ3n) is 7.34. The van der Waals surface area contributed by atoms with Gasteiger partial charge in [0.1, 0.15) is 17.9 Å². The minimum Gasteiger partial charge on any atom is -0.505 e. The second kappa shape index (κ2) is 11.9. The van der Waals surface area contributed by atoms with E-state index in [1.165, 1.54) is 12.0 Å². The molecule has 41 heavy (non-hydrogen) atoms. The molecular formula is C32H33N3O6. The van der Waals surface area contributed by atoms with E-state index in [4.69, 9.17) is 14.2 Å². The Balaban J connectivity index is 1.59. The molecule has 0 saturated carbocycles. The number of aryl methyl sites for hydroxylation is 2. The number of aromatic nitrogens is 2. The molecule has 1 saturated heterocycles. The molecule has 9 nitrogen and oxygen atoms in total. The topological polar surface area (TPSA) is 103 Å². The molecule has 3 heterocycles. The number of amides is 1. The van der Waals surface area contributed by atoms with Gasteiger partial charge < -0.3 is 28.6 Å². The fraction of sp³-hybridized carbons (Fsp3) is 0.281. The predicted octanol–water partition coefficient (Wildman–Crippen LogP) is 5.00. The first-order chi connectivity index (χ1) is 19.8. The van der Waals surface area contributed by atoms with Crippen LogP contribution >= 0.6 is 0 Å². The Hall–Kier alpha value is -4.63. The number of likely N-dealkylation sites (tertiary alicyclic amines) is 1. The fourth-order valence-electron chi connectivity index (χ4n) is 5.22. The molecule has 1 aliphatic heterocycles. The number of hydrogen-bond acceptors (Lipinski definition) is 7. The zero-order valence-electron chi connectivity index (χ0n) is 23.6. The van der Waals surface area contributed by atoms with Crippen LogP contribution in [0.15, 0.2) is 72.4 Å². The van der Waals surface area contributed by atoms with Gasteiger partial charge in [0.2, 0.25) is 0 Å². The number of rotatable bonds is 10. The number of imidazole rings is 1. The molecule has 0 spiro atoms. The van der Waals surface area contributed by atoms with E-state index >= 15 is 0 Å². The van der Waals surface area contributed by atoms with Gasteiger partial charge in [-0.15, -0.1) is 0 Å². The average Bonchev–Trinajstić information content (AvgIpc) is 3.46. The molecule has 9 heteroatoms. The smallest absolute Gasteiger partial charge is 0.295 e. The monoisotopic (exact) mass is 555 g/mol. The van der Waals surface area contributed by atoms with Crippen LogP contribution in [-0.4, -0.2) is 58.5 Å². The molecule has 0 bridgehead atoms. The number of aliphatic hydroxyl groups is 1. The van der Waals surface area contributed by atoms with Gasteiger partial charge in [0.25, 0.3) is 11.7 Å². The predicted molar refractivity (Wildman–Crippen MR) is 154 cm³/mol. The number of fused-ring (bicyclic) bond motifs is 1. The van der Waals surface area contributed by atoms with E-state index in [-0.39, 0.29) is 23.6 Å². The first-order valence-corrected chi connectivity index (χ1v) is 13.4. The first kappa shape index (κ1) is 27.9. The van der Waals surface area contributed by atoms with Gasteiger partial charge in [-0.2, -0.15) is 0 Å². The van der Waals surface area contributed by atoms with E-state index in [1.807, 2.05) is 66.9 Å². The molecule has 4 aromatic rings. The number of ether oxygens (including phenoxy) is 3. The molecule has 2 aromatic carbocycles. The van der Waals surface area contributed by atoms with Crippen molar-refractivity contribution in [3.8, 4) is 11.5 Å². The van der Waals surface area contributed by atoms with E-state index in [0.717, 1.165) is 11.1 Å². The number of benzene rings is 2. The molecule has 2 aromatic heterocycles. The lowest BCUT2D eigenvalue weighted by molar-refractivity contribution is -0.140. The molecule has 1 fully saturated rings. The number of pyridine rings is 1. The summed E-state index contributed by atoms with van der Waals surface area (Å²) in [5.74, 6) is -0.801. The van der Waals surface area contributed by atoms with Crippen LogP contribution < -0.4 is 9.47 Å². The Morgan fingerprint density at radius 1 is 1.00 bits per heavy atom. The van der Waals surface area contributed by atoms with E-state index in [2.05, 4.69) is 4.98 Å². The van der Waals surface area contributed by atoms with Crippen LogP contribution in [0.25, 0.3) is 11.4 Å².